The molecular weight excluding hydrogens is 232 g/mol. The Morgan fingerprint density at radius 3 is 3.00 bits per heavy atom. The summed E-state index contributed by atoms with van der Waals surface area (Å²) >= 11 is 3.39. The number of nitrogens with two attached hydrogens (primary N) is 1. The van der Waals surface area contributed by atoms with E-state index in [-0.39, 0.29) is 6.03 Å². The topological polar surface area (TPSA) is 46.3 Å². The van der Waals surface area contributed by atoms with Crippen molar-refractivity contribution < 1.29 is 4.79 Å². The average Bonchev–Trinajstić information content (AvgIpc) is 2.46. The van der Waals surface area contributed by atoms with E-state index in [1.807, 2.05) is 18.2 Å². The molecule has 2 N–H and O–H groups in total. The molecule has 68 valence electrons. The lowest BCUT2D eigenvalue weighted by Crippen LogP contribution is -2.33. The summed E-state index contributed by atoms with van der Waals surface area (Å²) in [4.78, 5) is 12.6. The van der Waals surface area contributed by atoms with Crippen LogP contribution in [0, 0.1) is 0 Å². The summed E-state index contributed by atoms with van der Waals surface area (Å²) in [5.74, 6) is 0. The molecule has 0 aromatic heterocycles. The van der Waals surface area contributed by atoms with Crippen LogP contribution in [0.25, 0.3) is 0 Å². The number of halogens is 1. The lowest BCUT2D eigenvalue weighted by atomic mass is 10.2. The van der Waals surface area contributed by atoms with E-state index in [0.29, 0.717) is 6.54 Å². The first-order valence-corrected chi connectivity index (χ1v) is 4.83. The summed E-state index contributed by atoms with van der Waals surface area (Å²) in [7, 11) is 0. The third-order valence-corrected chi connectivity index (χ3v) is 2.70. The maximum atomic E-state index is 11.0. The molecule has 0 saturated heterocycles. The Hall–Kier alpha value is -1.03. The SMILES string of the molecule is NC(=O)N1CCc2cc(Br)ccc21. The Morgan fingerprint density at radius 1 is 1.54 bits per heavy atom. The minimum atomic E-state index is -0.374. The van der Waals surface area contributed by atoms with Crippen molar-refractivity contribution >= 4 is 27.6 Å². The quantitative estimate of drug-likeness (QED) is 0.740. The van der Waals surface area contributed by atoms with Crippen molar-refractivity contribution in [3.8, 4) is 0 Å². The summed E-state index contributed by atoms with van der Waals surface area (Å²) in [5.41, 5.74) is 7.34. The van der Waals surface area contributed by atoms with Gasteiger partial charge in [-0.2, -0.15) is 0 Å². The third-order valence-electron chi connectivity index (χ3n) is 2.20. The van der Waals surface area contributed by atoms with Gasteiger partial charge in [0.25, 0.3) is 0 Å². The van der Waals surface area contributed by atoms with Crippen LogP contribution in [-0.4, -0.2) is 12.6 Å². The summed E-state index contributed by atoms with van der Waals surface area (Å²) < 4.78 is 1.04. The highest BCUT2D eigenvalue weighted by atomic mass is 79.9. The van der Waals surface area contributed by atoms with Crippen molar-refractivity contribution in [3.05, 3.63) is 28.2 Å². The summed E-state index contributed by atoms with van der Waals surface area (Å²) in [6.07, 6.45) is 0.887. The summed E-state index contributed by atoms with van der Waals surface area (Å²) in [6, 6.07) is 5.48. The number of amides is 2. The van der Waals surface area contributed by atoms with E-state index in [1.54, 1.807) is 4.90 Å². The summed E-state index contributed by atoms with van der Waals surface area (Å²) in [5, 5.41) is 0. The molecule has 0 aliphatic carbocycles. The van der Waals surface area contributed by atoms with Gasteiger partial charge in [0.1, 0.15) is 0 Å². The van der Waals surface area contributed by atoms with Gasteiger partial charge >= 0.3 is 6.03 Å². The van der Waals surface area contributed by atoms with Crippen LogP contribution in [0.4, 0.5) is 10.5 Å². The second-order valence-electron chi connectivity index (χ2n) is 3.01. The van der Waals surface area contributed by atoms with E-state index in [4.69, 9.17) is 5.73 Å². The first-order chi connectivity index (χ1) is 6.18. The van der Waals surface area contributed by atoms with Crippen LogP contribution in [0.1, 0.15) is 5.56 Å². The van der Waals surface area contributed by atoms with Crippen molar-refractivity contribution in [3.63, 3.8) is 0 Å². The predicted molar refractivity (Wildman–Crippen MR) is 54.8 cm³/mol. The Kier molecular flexibility index (Phi) is 2.00. The standard InChI is InChI=1S/C9H9BrN2O/c10-7-1-2-8-6(5-7)3-4-12(8)9(11)13/h1-2,5H,3-4H2,(H2,11,13). The van der Waals surface area contributed by atoms with Crippen LogP contribution >= 0.6 is 15.9 Å². The van der Waals surface area contributed by atoms with Gasteiger partial charge in [-0.05, 0) is 30.2 Å². The van der Waals surface area contributed by atoms with Gasteiger partial charge in [-0.3, -0.25) is 4.90 Å². The second-order valence-corrected chi connectivity index (χ2v) is 3.93. The van der Waals surface area contributed by atoms with Crippen LogP contribution in [0.2, 0.25) is 0 Å². The number of benzene rings is 1. The molecule has 13 heavy (non-hydrogen) atoms. The number of hydrogen-bond donors (Lipinski definition) is 1. The third kappa shape index (κ3) is 1.42. The number of nitrogens with zero attached hydrogens (tertiary/aromatic N) is 1. The highest BCUT2D eigenvalue weighted by Crippen LogP contribution is 2.29. The molecule has 0 radical (unpaired) electrons. The van der Waals surface area contributed by atoms with Crippen molar-refractivity contribution in [1.29, 1.82) is 0 Å². The number of anilines is 1. The van der Waals surface area contributed by atoms with Gasteiger partial charge in [0.05, 0.1) is 0 Å². The van der Waals surface area contributed by atoms with Gasteiger partial charge in [-0.1, -0.05) is 15.9 Å². The van der Waals surface area contributed by atoms with Crippen LogP contribution < -0.4 is 10.6 Å². The Labute approximate surface area is 84.6 Å². The molecule has 1 aromatic rings. The zero-order chi connectivity index (χ0) is 9.42. The minimum Gasteiger partial charge on any atom is -0.351 e. The van der Waals surface area contributed by atoms with Crippen LogP contribution in [0.15, 0.2) is 22.7 Å². The number of carbonyl (C=O) groups is 1. The van der Waals surface area contributed by atoms with Gasteiger partial charge in [-0.25, -0.2) is 4.79 Å². The Morgan fingerprint density at radius 2 is 2.31 bits per heavy atom. The largest absolute Gasteiger partial charge is 0.351 e. The molecule has 0 atom stereocenters. The zero-order valence-corrected chi connectivity index (χ0v) is 8.54. The molecule has 1 heterocycles. The highest BCUT2D eigenvalue weighted by Gasteiger charge is 2.22. The number of fused-ring (bicyclic) bond motifs is 1. The predicted octanol–water partition coefficient (Wildman–Crippen LogP) is 1.89. The lowest BCUT2D eigenvalue weighted by Gasteiger charge is -2.13. The van der Waals surface area contributed by atoms with Gasteiger partial charge in [-0.15, -0.1) is 0 Å². The van der Waals surface area contributed by atoms with Gasteiger partial charge in [0, 0.05) is 16.7 Å². The average molecular weight is 241 g/mol. The number of carbonyl (C=O) groups excluding carboxylic acids is 1. The van der Waals surface area contributed by atoms with E-state index >= 15 is 0 Å². The monoisotopic (exact) mass is 240 g/mol. The molecular formula is C9H9BrN2O. The van der Waals surface area contributed by atoms with Crippen LogP contribution in [-0.2, 0) is 6.42 Å². The van der Waals surface area contributed by atoms with Crippen molar-refractivity contribution in [2.75, 3.05) is 11.4 Å². The van der Waals surface area contributed by atoms with Crippen molar-refractivity contribution in [2.24, 2.45) is 5.73 Å². The number of hydrogen-bond acceptors (Lipinski definition) is 1. The molecule has 1 aliphatic heterocycles. The van der Waals surface area contributed by atoms with E-state index in [9.17, 15) is 4.79 Å². The first kappa shape index (κ1) is 8.56. The molecule has 0 fully saturated rings. The van der Waals surface area contributed by atoms with E-state index in [2.05, 4.69) is 15.9 Å². The van der Waals surface area contributed by atoms with Crippen LogP contribution in [0.3, 0.4) is 0 Å². The molecule has 0 bridgehead atoms. The van der Waals surface area contributed by atoms with E-state index in [1.165, 1.54) is 5.56 Å². The molecule has 2 rings (SSSR count). The molecule has 3 nitrogen and oxygen atoms in total. The van der Waals surface area contributed by atoms with Gasteiger partial charge < -0.3 is 5.73 Å². The fourth-order valence-corrected chi connectivity index (χ4v) is 2.01. The van der Waals surface area contributed by atoms with Gasteiger partial charge in [0.2, 0.25) is 0 Å². The van der Waals surface area contributed by atoms with Crippen molar-refractivity contribution in [2.45, 2.75) is 6.42 Å². The molecule has 0 spiro atoms. The fraction of sp³-hybridized carbons (Fsp3) is 0.222. The fourth-order valence-electron chi connectivity index (χ4n) is 1.60. The molecule has 0 unspecified atom stereocenters. The minimum absolute atomic E-state index is 0.374. The maximum Gasteiger partial charge on any atom is 0.319 e. The van der Waals surface area contributed by atoms with E-state index in [0.717, 1.165) is 16.6 Å². The first-order valence-electron chi connectivity index (χ1n) is 4.04. The number of rotatable bonds is 0. The number of primary amides is 1. The molecule has 4 heteroatoms. The lowest BCUT2D eigenvalue weighted by molar-refractivity contribution is 0.254. The Bertz CT molecular complexity index is 365. The normalized spacial score (nSPS) is 14.4. The molecule has 1 aromatic carbocycles. The Balaban J connectivity index is 2.44. The van der Waals surface area contributed by atoms with Crippen LogP contribution in [0.5, 0.6) is 0 Å². The maximum absolute atomic E-state index is 11.0. The van der Waals surface area contributed by atoms with Crippen molar-refractivity contribution in [1.82, 2.24) is 0 Å². The van der Waals surface area contributed by atoms with E-state index < -0.39 is 0 Å². The van der Waals surface area contributed by atoms with Gasteiger partial charge in [0.15, 0.2) is 0 Å². The molecule has 1 aliphatic rings. The number of urea groups is 1. The second kappa shape index (κ2) is 3.03. The smallest absolute Gasteiger partial charge is 0.319 e. The zero-order valence-electron chi connectivity index (χ0n) is 6.96. The highest BCUT2D eigenvalue weighted by molar-refractivity contribution is 9.10. The molecule has 2 amide bonds. The summed E-state index contributed by atoms with van der Waals surface area (Å²) in [6.45, 7) is 0.696. The molecule has 0 saturated carbocycles.